The van der Waals surface area contributed by atoms with Gasteiger partial charge in [-0.05, 0) is 37.1 Å². The number of likely N-dealkylation sites (tertiary alicyclic amines) is 1. The highest BCUT2D eigenvalue weighted by molar-refractivity contribution is 5.95. The van der Waals surface area contributed by atoms with Crippen molar-refractivity contribution in [2.45, 2.75) is 25.7 Å². The molecule has 1 N–H and O–H groups in total. The van der Waals surface area contributed by atoms with Gasteiger partial charge < -0.3 is 19.7 Å². The van der Waals surface area contributed by atoms with E-state index in [-0.39, 0.29) is 5.91 Å². The molecule has 0 spiro atoms. The van der Waals surface area contributed by atoms with Crippen molar-refractivity contribution in [3.05, 3.63) is 42.1 Å². The van der Waals surface area contributed by atoms with E-state index < -0.39 is 0 Å². The predicted octanol–water partition coefficient (Wildman–Crippen LogP) is 3.86. The molecule has 6 heteroatoms. The Balaban J connectivity index is 1.78. The summed E-state index contributed by atoms with van der Waals surface area (Å²) < 4.78 is 10.6. The molecule has 1 amide bonds. The maximum Gasteiger partial charge on any atom is 0.254 e. The van der Waals surface area contributed by atoms with Crippen LogP contribution in [0.1, 0.15) is 36.0 Å². The van der Waals surface area contributed by atoms with Crippen LogP contribution in [0, 0.1) is 0 Å². The van der Waals surface area contributed by atoms with E-state index in [1.165, 1.54) is 12.8 Å². The van der Waals surface area contributed by atoms with Crippen molar-refractivity contribution in [3.8, 4) is 11.5 Å². The molecular weight excluding hydrogens is 330 g/mol. The van der Waals surface area contributed by atoms with Crippen molar-refractivity contribution in [2.75, 3.05) is 32.6 Å². The lowest BCUT2D eigenvalue weighted by molar-refractivity contribution is 0.0761. The number of aromatic nitrogens is 1. The lowest BCUT2D eigenvalue weighted by atomic mass is 10.2. The van der Waals surface area contributed by atoms with Gasteiger partial charge in [-0.2, -0.15) is 0 Å². The van der Waals surface area contributed by atoms with Crippen molar-refractivity contribution >= 4 is 17.4 Å². The van der Waals surface area contributed by atoms with E-state index in [1.807, 2.05) is 17.0 Å². The second kappa shape index (κ2) is 8.56. The van der Waals surface area contributed by atoms with Crippen molar-refractivity contribution in [1.29, 1.82) is 0 Å². The number of pyridine rings is 1. The summed E-state index contributed by atoms with van der Waals surface area (Å²) >= 11 is 0. The van der Waals surface area contributed by atoms with Gasteiger partial charge in [0.15, 0.2) is 0 Å². The molecular formula is C20H25N3O3. The third-order valence-electron chi connectivity index (χ3n) is 4.57. The molecule has 2 aromatic rings. The first-order valence-electron chi connectivity index (χ1n) is 8.95. The van der Waals surface area contributed by atoms with E-state index in [0.717, 1.165) is 31.6 Å². The zero-order valence-corrected chi connectivity index (χ0v) is 15.3. The third-order valence-corrected chi connectivity index (χ3v) is 4.57. The molecule has 0 atom stereocenters. The molecule has 0 saturated carbocycles. The first-order valence-corrected chi connectivity index (χ1v) is 8.95. The number of nitrogens with one attached hydrogen (secondary N) is 1. The number of methoxy groups -OCH3 is 2. The van der Waals surface area contributed by atoms with Crippen LogP contribution in [0.15, 0.2) is 36.5 Å². The van der Waals surface area contributed by atoms with Gasteiger partial charge in [0.2, 0.25) is 0 Å². The molecule has 0 radical (unpaired) electrons. The summed E-state index contributed by atoms with van der Waals surface area (Å²) in [6.07, 6.45) is 6.20. The molecule has 1 saturated heterocycles. The highest BCUT2D eigenvalue weighted by Crippen LogP contribution is 2.31. The van der Waals surface area contributed by atoms with Gasteiger partial charge in [-0.1, -0.05) is 12.8 Å². The summed E-state index contributed by atoms with van der Waals surface area (Å²) in [7, 11) is 3.22. The summed E-state index contributed by atoms with van der Waals surface area (Å²) in [5.41, 5.74) is 1.41. The maximum atomic E-state index is 12.8. The molecule has 0 aliphatic carbocycles. The van der Waals surface area contributed by atoms with Crippen LogP contribution in [0.2, 0.25) is 0 Å². The van der Waals surface area contributed by atoms with Crippen molar-refractivity contribution in [3.63, 3.8) is 0 Å². The van der Waals surface area contributed by atoms with Crippen LogP contribution in [-0.4, -0.2) is 43.1 Å². The Bertz CT molecular complexity index is 756. The number of rotatable bonds is 5. The normalized spacial score (nSPS) is 14.5. The Morgan fingerprint density at radius 2 is 1.81 bits per heavy atom. The van der Waals surface area contributed by atoms with Crippen LogP contribution in [0.4, 0.5) is 11.5 Å². The number of amides is 1. The Morgan fingerprint density at radius 1 is 1.04 bits per heavy atom. The van der Waals surface area contributed by atoms with Crippen LogP contribution in [0.5, 0.6) is 11.5 Å². The highest BCUT2D eigenvalue weighted by Gasteiger charge is 2.18. The largest absolute Gasteiger partial charge is 0.497 e. The molecule has 138 valence electrons. The highest BCUT2D eigenvalue weighted by atomic mass is 16.5. The minimum absolute atomic E-state index is 0.0686. The number of carbonyl (C=O) groups excluding carboxylic acids is 1. The van der Waals surface area contributed by atoms with Crippen LogP contribution in [0.25, 0.3) is 0 Å². The minimum atomic E-state index is 0.0686. The zero-order chi connectivity index (χ0) is 18.4. The van der Waals surface area contributed by atoms with E-state index in [4.69, 9.17) is 9.47 Å². The second-order valence-electron chi connectivity index (χ2n) is 6.33. The van der Waals surface area contributed by atoms with Crippen molar-refractivity contribution in [1.82, 2.24) is 9.88 Å². The fraction of sp³-hybridized carbons (Fsp3) is 0.400. The van der Waals surface area contributed by atoms with E-state index in [9.17, 15) is 4.79 Å². The Morgan fingerprint density at radius 3 is 2.50 bits per heavy atom. The maximum absolute atomic E-state index is 12.8. The summed E-state index contributed by atoms with van der Waals surface area (Å²) in [5.74, 6) is 2.04. The number of anilines is 2. The molecule has 1 aromatic carbocycles. The molecule has 1 aliphatic rings. The van der Waals surface area contributed by atoms with Crippen molar-refractivity contribution < 1.29 is 14.3 Å². The average molecular weight is 355 g/mol. The average Bonchev–Trinajstić information content (AvgIpc) is 2.97. The monoisotopic (exact) mass is 355 g/mol. The smallest absolute Gasteiger partial charge is 0.254 e. The molecule has 0 unspecified atom stereocenters. The minimum Gasteiger partial charge on any atom is -0.497 e. The van der Waals surface area contributed by atoms with Gasteiger partial charge in [0.1, 0.15) is 17.3 Å². The molecule has 3 rings (SSSR count). The fourth-order valence-electron chi connectivity index (χ4n) is 3.13. The lowest BCUT2D eigenvalue weighted by Crippen LogP contribution is -2.31. The van der Waals surface area contributed by atoms with Gasteiger partial charge in [0, 0.05) is 30.9 Å². The Labute approximate surface area is 154 Å². The quantitative estimate of drug-likeness (QED) is 0.882. The predicted molar refractivity (Wildman–Crippen MR) is 101 cm³/mol. The molecule has 26 heavy (non-hydrogen) atoms. The summed E-state index contributed by atoms with van der Waals surface area (Å²) in [5, 5.41) is 3.22. The van der Waals surface area contributed by atoms with Gasteiger partial charge in [0.05, 0.1) is 19.9 Å². The van der Waals surface area contributed by atoms with Gasteiger partial charge in [-0.25, -0.2) is 4.98 Å². The van der Waals surface area contributed by atoms with Crippen LogP contribution >= 0.6 is 0 Å². The van der Waals surface area contributed by atoms with E-state index >= 15 is 0 Å². The zero-order valence-electron chi connectivity index (χ0n) is 15.3. The molecule has 1 fully saturated rings. The molecule has 2 heterocycles. The number of hydrogen-bond acceptors (Lipinski definition) is 5. The standard InChI is InChI=1S/C20H25N3O3/c1-25-16-7-8-17(18(14-16)26-2)22-19-13-15(9-10-21-19)20(24)23-11-5-3-4-6-12-23/h7-10,13-14H,3-6,11-12H2,1-2H3,(H,21,22). The van der Waals surface area contributed by atoms with Crippen LogP contribution in [-0.2, 0) is 0 Å². The first kappa shape index (κ1) is 18.0. The van der Waals surface area contributed by atoms with Gasteiger partial charge in [0.25, 0.3) is 5.91 Å². The molecule has 1 aliphatic heterocycles. The van der Waals surface area contributed by atoms with E-state index in [0.29, 0.717) is 22.9 Å². The third kappa shape index (κ3) is 4.25. The lowest BCUT2D eigenvalue weighted by Gasteiger charge is -2.20. The molecule has 0 bridgehead atoms. The van der Waals surface area contributed by atoms with E-state index in [2.05, 4.69) is 10.3 Å². The van der Waals surface area contributed by atoms with Gasteiger partial charge in [-0.3, -0.25) is 4.79 Å². The Hall–Kier alpha value is -2.76. The van der Waals surface area contributed by atoms with Gasteiger partial charge >= 0.3 is 0 Å². The number of hydrogen-bond donors (Lipinski definition) is 1. The second-order valence-corrected chi connectivity index (χ2v) is 6.33. The first-order chi connectivity index (χ1) is 12.7. The summed E-state index contributed by atoms with van der Waals surface area (Å²) in [4.78, 5) is 19.1. The Kier molecular flexibility index (Phi) is 5.94. The van der Waals surface area contributed by atoms with Crippen LogP contribution in [0.3, 0.4) is 0 Å². The summed E-state index contributed by atoms with van der Waals surface area (Å²) in [6.45, 7) is 1.66. The molecule has 1 aromatic heterocycles. The number of ether oxygens (including phenoxy) is 2. The topological polar surface area (TPSA) is 63.7 Å². The van der Waals surface area contributed by atoms with Gasteiger partial charge in [-0.15, -0.1) is 0 Å². The van der Waals surface area contributed by atoms with Crippen LogP contribution < -0.4 is 14.8 Å². The molecule has 6 nitrogen and oxygen atoms in total. The van der Waals surface area contributed by atoms with E-state index in [1.54, 1.807) is 38.6 Å². The SMILES string of the molecule is COc1ccc(Nc2cc(C(=O)N3CCCCCC3)ccn2)c(OC)c1. The number of benzene rings is 1. The number of nitrogens with zero attached hydrogens (tertiary/aromatic N) is 2. The summed E-state index contributed by atoms with van der Waals surface area (Å²) in [6, 6.07) is 9.06. The fourth-order valence-corrected chi connectivity index (χ4v) is 3.13. The van der Waals surface area contributed by atoms with Crippen molar-refractivity contribution in [2.24, 2.45) is 0 Å². The number of carbonyl (C=O) groups is 1.